The molecule has 5 nitrogen and oxygen atoms in total. The van der Waals surface area contributed by atoms with Gasteiger partial charge in [0.2, 0.25) is 0 Å². The lowest BCUT2D eigenvalue weighted by Gasteiger charge is -2.19. The molecule has 0 saturated carbocycles. The third-order valence-electron chi connectivity index (χ3n) is 3.53. The smallest absolute Gasteiger partial charge is 0.263 e. The van der Waals surface area contributed by atoms with Crippen LogP contribution in [0.4, 0.5) is 0 Å². The van der Waals surface area contributed by atoms with Crippen LogP contribution in [0.2, 0.25) is 5.02 Å². The van der Waals surface area contributed by atoms with Crippen LogP contribution in [0.25, 0.3) is 0 Å². The Hall–Kier alpha value is -2.05. The molecule has 0 saturated heterocycles. The lowest BCUT2D eigenvalue weighted by atomic mass is 10.2. The molecule has 0 aliphatic carbocycles. The van der Waals surface area contributed by atoms with Crippen molar-refractivity contribution in [1.29, 1.82) is 0 Å². The summed E-state index contributed by atoms with van der Waals surface area (Å²) in [7, 11) is 1.54. The number of halogens is 1. The molecule has 1 aromatic carbocycles. The third-order valence-corrected chi connectivity index (χ3v) is 4.85. The zero-order valence-corrected chi connectivity index (χ0v) is 14.7. The van der Waals surface area contributed by atoms with E-state index in [-0.39, 0.29) is 5.91 Å². The van der Waals surface area contributed by atoms with Crippen molar-refractivity contribution in [2.24, 2.45) is 4.99 Å². The van der Waals surface area contributed by atoms with Gasteiger partial charge in [-0.25, -0.2) is 0 Å². The van der Waals surface area contributed by atoms with Gasteiger partial charge in [-0.1, -0.05) is 29.4 Å². The fourth-order valence-corrected chi connectivity index (χ4v) is 3.51. The van der Waals surface area contributed by atoms with Crippen molar-refractivity contribution in [1.82, 2.24) is 9.88 Å². The highest BCUT2D eigenvalue weighted by Gasteiger charge is 2.27. The van der Waals surface area contributed by atoms with E-state index in [0.717, 1.165) is 5.56 Å². The van der Waals surface area contributed by atoms with Gasteiger partial charge in [-0.2, -0.15) is 0 Å². The van der Waals surface area contributed by atoms with E-state index >= 15 is 0 Å². The molecule has 7 heteroatoms. The first-order chi connectivity index (χ1) is 11.7. The third kappa shape index (κ3) is 3.71. The van der Waals surface area contributed by atoms with E-state index in [4.69, 9.17) is 16.3 Å². The van der Waals surface area contributed by atoms with Gasteiger partial charge in [0.15, 0.2) is 5.17 Å². The van der Waals surface area contributed by atoms with Crippen LogP contribution in [0.1, 0.15) is 15.9 Å². The van der Waals surface area contributed by atoms with Crippen LogP contribution in [0.15, 0.2) is 47.7 Å². The molecule has 1 aromatic heterocycles. The average molecular weight is 362 g/mol. The summed E-state index contributed by atoms with van der Waals surface area (Å²) in [6.07, 6.45) is 3.55. The molecule has 0 unspecified atom stereocenters. The van der Waals surface area contributed by atoms with Gasteiger partial charge in [0.1, 0.15) is 5.75 Å². The summed E-state index contributed by atoms with van der Waals surface area (Å²) < 4.78 is 5.28. The first-order valence-electron chi connectivity index (χ1n) is 7.40. The van der Waals surface area contributed by atoms with Crippen LogP contribution < -0.4 is 4.74 Å². The Morgan fingerprint density at radius 1 is 1.42 bits per heavy atom. The Morgan fingerprint density at radius 2 is 2.29 bits per heavy atom. The quantitative estimate of drug-likeness (QED) is 0.836. The van der Waals surface area contributed by atoms with E-state index in [1.807, 2.05) is 18.3 Å². The lowest BCUT2D eigenvalue weighted by Crippen LogP contribution is -2.33. The van der Waals surface area contributed by atoms with Crippen molar-refractivity contribution in [3.8, 4) is 5.75 Å². The van der Waals surface area contributed by atoms with E-state index in [0.29, 0.717) is 40.3 Å². The van der Waals surface area contributed by atoms with E-state index < -0.39 is 0 Å². The summed E-state index contributed by atoms with van der Waals surface area (Å²) in [5.41, 5.74) is 1.53. The molecule has 0 spiro atoms. The number of ether oxygens (including phenoxy) is 1. The van der Waals surface area contributed by atoms with Crippen LogP contribution >= 0.6 is 23.4 Å². The van der Waals surface area contributed by atoms with Crippen molar-refractivity contribution >= 4 is 34.4 Å². The Morgan fingerprint density at radius 3 is 3.04 bits per heavy atom. The fraction of sp³-hybridized carbons (Fsp3) is 0.235. The van der Waals surface area contributed by atoms with Crippen molar-refractivity contribution in [3.05, 3.63) is 58.9 Å². The number of nitrogens with zero attached hydrogens (tertiary/aromatic N) is 3. The minimum Gasteiger partial charge on any atom is -0.496 e. The van der Waals surface area contributed by atoms with Gasteiger partial charge in [-0.15, -0.1) is 0 Å². The zero-order valence-electron chi connectivity index (χ0n) is 13.1. The van der Waals surface area contributed by atoms with Gasteiger partial charge in [-0.05, 0) is 29.8 Å². The number of hydrogen-bond donors (Lipinski definition) is 0. The number of aromatic nitrogens is 1. The molecule has 1 amide bonds. The molecule has 1 aliphatic heterocycles. The molecule has 0 radical (unpaired) electrons. The van der Waals surface area contributed by atoms with Crippen LogP contribution in [0.5, 0.6) is 5.75 Å². The summed E-state index contributed by atoms with van der Waals surface area (Å²) in [6, 6.07) is 8.93. The molecule has 2 heterocycles. The summed E-state index contributed by atoms with van der Waals surface area (Å²) in [4.78, 5) is 23.1. The van der Waals surface area contributed by atoms with Crippen LogP contribution in [-0.2, 0) is 5.75 Å². The standard InChI is InChI=1S/C17H16ClN3O2S/c1-23-15-5-4-13(18)9-14(15)16(22)21-8-7-20-17(21)24-11-12-3-2-6-19-10-12/h2-6,9-10H,7-8,11H2,1H3. The molecule has 24 heavy (non-hydrogen) atoms. The lowest BCUT2D eigenvalue weighted by molar-refractivity contribution is 0.0857. The van der Waals surface area contributed by atoms with E-state index in [9.17, 15) is 4.79 Å². The van der Waals surface area contributed by atoms with Crippen molar-refractivity contribution in [2.45, 2.75) is 5.75 Å². The number of carbonyl (C=O) groups excluding carboxylic acids is 1. The van der Waals surface area contributed by atoms with E-state index in [1.54, 1.807) is 29.3 Å². The Bertz CT molecular complexity index is 768. The SMILES string of the molecule is COc1ccc(Cl)cc1C(=O)N1CCN=C1SCc1cccnc1. The molecule has 3 rings (SSSR count). The minimum absolute atomic E-state index is 0.149. The average Bonchev–Trinajstić information content (AvgIpc) is 3.08. The normalized spacial score (nSPS) is 13.8. The molecule has 1 aliphatic rings. The van der Waals surface area contributed by atoms with Gasteiger partial charge >= 0.3 is 0 Å². The largest absolute Gasteiger partial charge is 0.496 e. The van der Waals surface area contributed by atoms with Gasteiger partial charge in [0.25, 0.3) is 5.91 Å². The molecule has 0 N–H and O–H groups in total. The Labute approximate surface area is 149 Å². The number of amidine groups is 1. The topological polar surface area (TPSA) is 54.8 Å². The van der Waals surface area contributed by atoms with Gasteiger partial charge < -0.3 is 4.74 Å². The van der Waals surface area contributed by atoms with E-state index in [1.165, 1.54) is 18.9 Å². The highest BCUT2D eigenvalue weighted by molar-refractivity contribution is 8.13. The van der Waals surface area contributed by atoms with Gasteiger partial charge in [0.05, 0.1) is 19.2 Å². The maximum atomic E-state index is 12.9. The van der Waals surface area contributed by atoms with Crippen molar-refractivity contribution in [2.75, 3.05) is 20.2 Å². The van der Waals surface area contributed by atoms with Crippen LogP contribution in [0.3, 0.4) is 0 Å². The predicted molar refractivity (Wildman–Crippen MR) is 96.9 cm³/mol. The number of methoxy groups -OCH3 is 1. The molecular formula is C17H16ClN3O2S. The highest BCUT2D eigenvalue weighted by atomic mass is 35.5. The molecular weight excluding hydrogens is 346 g/mol. The number of aliphatic imine (C=N–C) groups is 1. The molecule has 124 valence electrons. The zero-order chi connectivity index (χ0) is 16.9. The van der Waals surface area contributed by atoms with Crippen LogP contribution in [-0.4, -0.2) is 41.2 Å². The summed E-state index contributed by atoms with van der Waals surface area (Å²) in [5.74, 6) is 1.07. The Kier molecular flexibility index (Phi) is 5.37. The number of carbonyl (C=O) groups is 1. The van der Waals surface area contributed by atoms with Crippen molar-refractivity contribution < 1.29 is 9.53 Å². The second-order valence-corrected chi connectivity index (χ2v) is 6.49. The van der Waals surface area contributed by atoms with E-state index in [2.05, 4.69) is 9.98 Å². The minimum atomic E-state index is -0.149. The molecule has 0 bridgehead atoms. The second-order valence-electron chi connectivity index (χ2n) is 5.12. The van der Waals surface area contributed by atoms with Crippen LogP contribution in [0, 0.1) is 0 Å². The molecule has 0 fully saturated rings. The first kappa shape index (κ1) is 16.8. The number of pyridine rings is 1. The molecule has 0 atom stereocenters. The number of amides is 1. The number of rotatable bonds is 4. The summed E-state index contributed by atoms with van der Waals surface area (Å²) in [5, 5.41) is 1.21. The number of hydrogen-bond acceptors (Lipinski definition) is 5. The molecule has 2 aromatic rings. The summed E-state index contributed by atoms with van der Waals surface area (Å²) in [6.45, 7) is 1.16. The highest BCUT2D eigenvalue weighted by Crippen LogP contribution is 2.27. The summed E-state index contributed by atoms with van der Waals surface area (Å²) >= 11 is 7.56. The number of benzene rings is 1. The first-order valence-corrected chi connectivity index (χ1v) is 8.77. The maximum absolute atomic E-state index is 12.9. The fourth-order valence-electron chi connectivity index (χ4n) is 2.36. The van der Waals surface area contributed by atoms with Gasteiger partial charge in [0, 0.05) is 29.7 Å². The predicted octanol–water partition coefficient (Wildman–Crippen LogP) is 3.49. The number of thioether (sulfide) groups is 1. The van der Waals surface area contributed by atoms with Crippen molar-refractivity contribution in [3.63, 3.8) is 0 Å². The Balaban J connectivity index is 1.75. The maximum Gasteiger partial charge on any atom is 0.263 e. The van der Waals surface area contributed by atoms with Gasteiger partial charge in [-0.3, -0.25) is 19.7 Å². The monoisotopic (exact) mass is 361 g/mol. The second kappa shape index (κ2) is 7.68.